The zero-order valence-corrected chi connectivity index (χ0v) is 10.7. The first-order chi connectivity index (χ1) is 9.24. The first-order valence-electron chi connectivity index (χ1n) is 5.77. The van der Waals surface area contributed by atoms with E-state index in [4.69, 9.17) is 17.3 Å². The number of nitrogen functional groups attached to an aromatic ring is 1. The van der Waals surface area contributed by atoms with E-state index >= 15 is 0 Å². The predicted molar refractivity (Wildman–Crippen MR) is 76.2 cm³/mol. The maximum atomic E-state index is 5.84. The Labute approximate surface area is 115 Å². The molecule has 0 atom stereocenters. The minimum Gasteiger partial charge on any atom is -0.382 e. The minimum atomic E-state index is 0.454. The van der Waals surface area contributed by atoms with Gasteiger partial charge in [-0.3, -0.25) is 0 Å². The van der Waals surface area contributed by atoms with Crippen LogP contribution in [0.4, 0.5) is 5.82 Å². The Morgan fingerprint density at radius 2 is 1.84 bits per heavy atom. The van der Waals surface area contributed by atoms with E-state index in [2.05, 4.69) is 10.1 Å². The van der Waals surface area contributed by atoms with Crippen LogP contribution in [0.15, 0.2) is 54.7 Å². The van der Waals surface area contributed by atoms with Crippen LogP contribution in [-0.4, -0.2) is 14.8 Å². The van der Waals surface area contributed by atoms with Gasteiger partial charge in [-0.1, -0.05) is 41.9 Å². The highest BCUT2D eigenvalue weighted by Crippen LogP contribution is 2.24. The Morgan fingerprint density at radius 3 is 2.53 bits per heavy atom. The zero-order chi connectivity index (χ0) is 13.2. The fraction of sp³-hybridized carbons (Fsp3) is 0. The van der Waals surface area contributed by atoms with Crippen molar-refractivity contribution in [3.05, 3.63) is 59.8 Å². The van der Waals surface area contributed by atoms with E-state index in [1.807, 2.05) is 36.4 Å². The van der Waals surface area contributed by atoms with Crippen molar-refractivity contribution in [2.45, 2.75) is 0 Å². The molecule has 1 aromatic carbocycles. The van der Waals surface area contributed by atoms with E-state index in [1.165, 1.54) is 0 Å². The molecule has 0 fully saturated rings. The fourth-order valence-corrected chi connectivity index (χ4v) is 1.99. The average molecular weight is 271 g/mol. The number of anilines is 1. The quantitative estimate of drug-likeness (QED) is 0.778. The fourth-order valence-electron chi connectivity index (χ4n) is 1.88. The summed E-state index contributed by atoms with van der Waals surface area (Å²) in [4.78, 5) is 4.26. The number of halogens is 1. The maximum Gasteiger partial charge on any atom is 0.154 e. The van der Waals surface area contributed by atoms with Gasteiger partial charge in [0.1, 0.15) is 5.82 Å². The van der Waals surface area contributed by atoms with Gasteiger partial charge in [-0.2, -0.15) is 0 Å². The molecule has 0 saturated carbocycles. The summed E-state index contributed by atoms with van der Waals surface area (Å²) in [6.07, 6.45) is 1.59. The highest BCUT2D eigenvalue weighted by molar-refractivity contribution is 6.30. The van der Waals surface area contributed by atoms with Gasteiger partial charge in [0.15, 0.2) is 5.82 Å². The third-order valence-corrected chi connectivity index (χ3v) is 2.95. The molecular formula is C14H11ClN4. The molecule has 5 heteroatoms. The van der Waals surface area contributed by atoms with Crippen molar-refractivity contribution in [2.75, 3.05) is 5.73 Å². The van der Waals surface area contributed by atoms with Gasteiger partial charge in [-0.15, -0.1) is 5.10 Å². The largest absolute Gasteiger partial charge is 0.382 e. The van der Waals surface area contributed by atoms with Crippen LogP contribution in [0.1, 0.15) is 0 Å². The molecular weight excluding hydrogens is 260 g/mol. The molecule has 19 heavy (non-hydrogen) atoms. The molecule has 0 amide bonds. The van der Waals surface area contributed by atoms with Crippen LogP contribution in [0.2, 0.25) is 5.02 Å². The zero-order valence-electron chi connectivity index (χ0n) is 9.99. The number of hydrogen-bond donors (Lipinski definition) is 1. The molecule has 2 N–H and O–H groups in total. The third kappa shape index (κ3) is 2.30. The summed E-state index contributed by atoms with van der Waals surface area (Å²) >= 11 is 5.84. The summed E-state index contributed by atoms with van der Waals surface area (Å²) in [5.74, 6) is 1.13. The molecule has 0 aliphatic carbocycles. The smallest absolute Gasteiger partial charge is 0.154 e. The van der Waals surface area contributed by atoms with Crippen molar-refractivity contribution in [3.8, 4) is 17.1 Å². The van der Waals surface area contributed by atoms with Crippen LogP contribution in [-0.2, 0) is 0 Å². The third-order valence-electron chi connectivity index (χ3n) is 2.73. The number of benzene rings is 1. The van der Waals surface area contributed by atoms with E-state index in [0.29, 0.717) is 16.7 Å². The summed E-state index contributed by atoms with van der Waals surface area (Å²) in [7, 11) is 0. The SMILES string of the molecule is Nc1cc(-c2ccccc2)n(-c2ccc(Cl)cn2)n1. The number of aromatic nitrogens is 3. The lowest BCUT2D eigenvalue weighted by Crippen LogP contribution is -2.01. The van der Waals surface area contributed by atoms with Crippen LogP contribution in [0.3, 0.4) is 0 Å². The molecule has 0 aliphatic heterocycles. The molecule has 0 radical (unpaired) electrons. The number of pyridine rings is 1. The number of rotatable bonds is 2. The van der Waals surface area contributed by atoms with Gasteiger partial charge in [-0.05, 0) is 12.1 Å². The summed E-state index contributed by atoms with van der Waals surface area (Å²) in [5, 5.41) is 4.86. The lowest BCUT2D eigenvalue weighted by Gasteiger charge is -2.06. The molecule has 0 spiro atoms. The van der Waals surface area contributed by atoms with Crippen LogP contribution in [0.5, 0.6) is 0 Å². The molecule has 2 aromatic heterocycles. The van der Waals surface area contributed by atoms with E-state index in [1.54, 1.807) is 23.0 Å². The first-order valence-corrected chi connectivity index (χ1v) is 6.15. The normalized spacial score (nSPS) is 10.6. The van der Waals surface area contributed by atoms with Crippen molar-refractivity contribution in [2.24, 2.45) is 0 Å². The van der Waals surface area contributed by atoms with Gasteiger partial charge in [-0.25, -0.2) is 9.67 Å². The Balaban J connectivity index is 2.15. The van der Waals surface area contributed by atoms with E-state index in [9.17, 15) is 0 Å². The number of hydrogen-bond acceptors (Lipinski definition) is 3. The Bertz CT molecular complexity index is 689. The highest BCUT2D eigenvalue weighted by atomic mass is 35.5. The molecule has 0 saturated heterocycles. The first kappa shape index (κ1) is 11.7. The summed E-state index contributed by atoms with van der Waals surface area (Å²) in [6.45, 7) is 0. The Hall–Kier alpha value is -2.33. The molecule has 0 bridgehead atoms. The van der Waals surface area contributed by atoms with E-state index in [-0.39, 0.29) is 0 Å². The van der Waals surface area contributed by atoms with Crippen molar-refractivity contribution >= 4 is 17.4 Å². The van der Waals surface area contributed by atoms with Crippen LogP contribution in [0, 0.1) is 0 Å². The number of nitrogens with zero attached hydrogens (tertiary/aromatic N) is 3. The topological polar surface area (TPSA) is 56.7 Å². The summed E-state index contributed by atoms with van der Waals surface area (Å²) in [6, 6.07) is 15.3. The number of nitrogens with two attached hydrogens (primary N) is 1. The minimum absolute atomic E-state index is 0.454. The predicted octanol–water partition coefficient (Wildman–Crippen LogP) is 3.17. The molecule has 3 rings (SSSR count). The van der Waals surface area contributed by atoms with Crippen molar-refractivity contribution < 1.29 is 0 Å². The van der Waals surface area contributed by atoms with Gasteiger partial charge in [0.2, 0.25) is 0 Å². The molecule has 3 aromatic rings. The van der Waals surface area contributed by atoms with Crippen molar-refractivity contribution in [1.29, 1.82) is 0 Å². The van der Waals surface area contributed by atoms with Gasteiger partial charge >= 0.3 is 0 Å². The summed E-state index contributed by atoms with van der Waals surface area (Å²) in [5.41, 5.74) is 7.73. The van der Waals surface area contributed by atoms with Crippen LogP contribution >= 0.6 is 11.6 Å². The van der Waals surface area contributed by atoms with Gasteiger partial charge < -0.3 is 5.73 Å². The van der Waals surface area contributed by atoms with Gasteiger partial charge in [0, 0.05) is 17.8 Å². The van der Waals surface area contributed by atoms with Crippen LogP contribution < -0.4 is 5.73 Å². The Kier molecular flexibility index (Phi) is 2.93. The maximum absolute atomic E-state index is 5.84. The monoisotopic (exact) mass is 270 g/mol. The molecule has 4 nitrogen and oxygen atoms in total. The van der Waals surface area contributed by atoms with Gasteiger partial charge in [0.05, 0.1) is 10.7 Å². The Morgan fingerprint density at radius 1 is 1.05 bits per heavy atom. The lowest BCUT2D eigenvalue weighted by atomic mass is 10.1. The van der Waals surface area contributed by atoms with Crippen molar-refractivity contribution in [3.63, 3.8) is 0 Å². The lowest BCUT2D eigenvalue weighted by molar-refractivity contribution is 0.859. The molecule has 0 unspecified atom stereocenters. The standard InChI is InChI=1S/C14H11ClN4/c15-11-6-7-14(17-9-11)19-12(8-13(16)18-19)10-4-2-1-3-5-10/h1-9H,(H2,16,18). The second-order valence-electron chi connectivity index (χ2n) is 4.07. The highest BCUT2D eigenvalue weighted by Gasteiger charge is 2.10. The van der Waals surface area contributed by atoms with E-state index < -0.39 is 0 Å². The van der Waals surface area contributed by atoms with Crippen LogP contribution in [0.25, 0.3) is 17.1 Å². The average Bonchev–Trinajstić information content (AvgIpc) is 2.83. The molecule has 2 heterocycles. The summed E-state index contributed by atoms with van der Waals surface area (Å²) < 4.78 is 1.71. The second-order valence-corrected chi connectivity index (χ2v) is 4.50. The van der Waals surface area contributed by atoms with Crippen molar-refractivity contribution in [1.82, 2.24) is 14.8 Å². The molecule has 94 valence electrons. The van der Waals surface area contributed by atoms with Gasteiger partial charge in [0.25, 0.3) is 0 Å². The van der Waals surface area contributed by atoms with E-state index in [0.717, 1.165) is 11.3 Å². The second kappa shape index (κ2) is 4.74. The molecule has 0 aliphatic rings.